The van der Waals surface area contributed by atoms with Crippen LogP contribution in [-0.4, -0.2) is 119 Å². The first-order valence-corrected chi connectivity index (χ1v) is 15.7. The van der Waals surface area contributed by atoms with Gasteiger partial charge in [0.2, 0.25) is 11.9 Å². The van der Waals surface area contributed by atoms with Crippen LogP contribution in [-0.2, 0) is 23.7 Å². The summed E-state index contributed by atoms with van der Waals surface area (Å²) in [6.45, 7) is 10.2. The van der Waals surface area contributed by atoms with E-state index in [0.29, 0.717) is 90.4 Å². The lowest BCUT2D eigenvalue weighted by Crippen LogP contribution is -2.57. The molecule has 3 rings (SSSR count). The number of amides is 2. The van der Waals surface area contributed by atoms with Gasteiger partial charge in [-0.1, -0.05) is 46.0 Å². The Bertz CT molecular complexity index is 896. The highest BCUT2D eigenvalue weighted by molar-refractivity contribution is 5.96. The summed E-state index contributed by atoms with van der Waals surface area (Å²) in [5.74, 6) is 0.634. The largest absolute Gasteiger partial charge is 0.449 e. The normalized spacial score (nSPS) is 21.0. The maximum atomic E-state index is 13.9. The number of carbonyl (C=O) groups is 2. The number of piperidine rings is 1. The summed E-state index contributed by atoms with van der Waals surface area (Å²) in [7, 11) is 1.65. The summed E-state index contributed by atoms with van der Waals surface area (Å²) in [5, 5.41) is 16.1. The lowest BCUT2D eigenvalue weighted by atomic mass is 9.84. The maximum Gasteiger partial charge on any atom is 0.413 e. The Kier molecular flexibility index (Phi) is 14.8. The van der Waals surface area contributed by atoms with E-state index in [-0.39, 0.29) is 19.9 Å². The molecule has 2 saturated heterocycles. The molecule has 0 spiro atoms. The Morgan fingerprint density at radius 1 is 1.10 bits per heavy atom. The van der Waals surface area contributed by atoms with E-state index in [1.165, 1.54) is 6.42 Å². The van der Waals surface area contributed by atoms with Gasteiger partial charge in [-0.05, 0) is 31.1 Å². The Labute approximate surface area is 252 Å². The molecule has 0 aromatic heterocycles. The first-order chi connectivity index (χ1) is 20.3. The number of guanidine groups is 1. The van der Waals surface area contributed by atoms with Crippen molar-refractivity contribution in [3.8, 4) is 6.07 Å². The van der Waals surface area contributed by atoms with Crippen LogP contribution in [0.5, 0.6) is 0 Å². The molecule has 3 aliphatic rings. The molecule has 42 heavy (non-hydrogen) atoms. The number of likely N-dealkylation sites (tertiary alicyclic amines) is 1. The average molecular weight is 595 g/mol. The van der Waals surface area contributed by atoms with E-state index in [1.807, 2.05) is 18.7 Å². The van der Waals surface area contributed by atoms with Gasteiger partial charge in [-0.25, -0.2) is 9.79 Å². The molecule has 2 aliphatic heterocycles. The maximum absolute atomic E-state index is 13.9. The van der Waals surface area contributed by atoms with Crippen LogP contribution in [0.2, 0.25) is 0 Å². The van der Waals surface area contributed by atoms with Crippen molar-refractivity contribution < 1.29 is 30.0 Å². The van der Waals surface area contributed by atoms with Crippen LogP contribution in [0.4, 0.5) is 4.79 Å². The van der Waals surface area contributed by atoms with Gasteiger partial charge in [0.25, 0.3) is 0 Å². The molecule has 0 aromatic carbocycles. The van der Waals surface area contributed by atoms with Gasteiger partial charge in [0.1, 0.15) is 11.6 Å². The summed E-state index contributed by atoms with van der Waals surface area (Å²) in [6.07, 6.45) is 6.67. The van der Waals surface area contributed by atoms with E-state index < -0.39 is 17.7 Å². The monoisotopic (exact) mass is 594 g/mol. The first kappa shape index (κ1) is 34.0. The number of alkyl carbamates (subject to hydrolysis) is 1. The summed E-state index contributed by atoms with van der Waals surface area (Å²) < 4.78 is 21.5. The lowest BCUT2D eigenvalue weighted by molar-refractivity contribution is -0.124. The Morgan fingerprint density at radius 2 is 1.81 bits per heavy atom. The van der Waals surface area contributed by atoms with Gasteiger partial charge >= 0.3 is 6.09 Å². The molecule has 3 fully saturated rings. The van der Waals surface area contributed by atoms with Gasteiger partial charge in [0.05, 0.1) is 45.7 Å². The number of hydrogen-bond acceptors (Lipinski definition) is 9. The fourth-order valence-electron chi connectivity index (χ4n) is 5.62. The molecule has 1 atom stereocenters. The van der Waals surface area contributed by atoms with Crippen LogP contribution in [0.3, 0.4) is 0 Å². The third-order valence-electron chi connectivity index (χ3n) is 8.20. The Morgan fingerprint density at radius 3 is 2.45 bits per heavy atom. The minimum Gasteiger partial charge on any atom is -0.449 e. The van der Waals surface area contributed by atoms with Crippen molar-refractivity contribution in [3.63, 3.8) is 0 Å². The van der Waals surface area contributed by atoms with E-state index in [9.17, 15) is 14.9 Å². The Hall–Kier alpha value is -2.46. The second kappa shape index (κ2) is 18.3. The van der Waals surface area contributed by atoms with Gasteiger partial charge in [-0.2, -0.15) is 5.26 Å². The van der Waals surface area contributed by atoms with Gasteiger partial charge in [-0.15, -0.1) is 0 Å². The van der Waals surface area contributed by atoms with E-state index in [0.717, 1.165) is 32.2 Å². The molecule has 2 heterocycles. The number of aliphatic imine (C=N–C) groups is 1. The Balaban J connectivity index is 0.00000645. The second-order valence-corrected chi connectivity index (χ2v) is 12.1. The second-order valence-electron chi connectivity index (χ2n) is 12.1. The van der Waals surface area contributed by atoms with Gasteiger partial charge in [-0.3, -0.25) is 10.1 Å². The predicted molar refractivity (Wildman–Crippen MR) is 161 cm³/mol. The van der Waals surface area contributed by atoms with Crippen molar-refractivity contribution >= 4 is 18.0 Å². The van der Waals surface area contributed by atoms with Crippen molar-refractivity contribution in [2.24, 2.45) is 16.8 Å². The number of nitrogens with one attached hydrogen (secondary N) is 2. The molecular weight excluding hydrogens is 540 g/mol. The number of hydrogen-bond donors (Lipinski definition) is 2. The predicted octanol–water partition coefficient (Wildman–Crippen LogP) is 2.78. The number of methoxy groups -OCH3 is 1. The minimum absolute atomic E-state index is 0. The summed E-state index contributed by atoms with van der Waals surface area (Å²) in [6, 6.07) is 1.69. The van der Waals surface area contributed by atoms with Crippen LogP contribution < -0.4 is 10.6 Å². The molecule has 12 heteroatoms. The molecule has 2 N–H and O–H groups in total. The molecule has 240 valence electrons. The lowest BCUT2D eigenvalue weighted by Gasteiger charge is -2.38. The zero-order valence-corrected chi connectivity index (χ0v) is 25.9. The van der Waals surface area contributed by atoms with Crippen LogP contribution in [0, 0.1) is 23.2 Å². The summed E-state index contributed by atoms with van der Waals surface area (Å²) in [5.41, 5.74) is -0.951. The molecular formula is C30H54N6O6. The van der Waals surface area contributed by atoms with Crippen molar-refractivity contribution in [2.45, 2.75) is 76.8 Å². The number of nitriles is 1. The fourth-order valence-corrected chi connectivity index (χ4v) is 5.62. The van der Waals surface area contributed by atoms with Gasteiger partial charge in [0.15, 0.2) is 0 Å². The van der Waals surface area contributed by atoms with E-state index >= 15 is 0 Å². The van der Waals surface area contributed by atoms with Crippen molar-refractivity contribution in [2.75, 3.05) is 79.5 Å². The van der Waals surface area contributed by atoms with Crippen LogP contribution in [0.1, 0.15) is 66.6 Å². The van der Waals surface area contributed by atoms with Gasteiger partial charge in [0, 0.05) is 41.3 Å². The number of nitrogens with zero attached hydrogens (tertiary/aromatic N) is 4. The molecule has 0 unspecified atom stereocenters. The smallest absolute Gasteiger partial charge is 0.413 e. The number of morpholine rings is 1. The minimum atomic E-state index is -0.951. The van der Waals surface area contributed by atoms with Crippen molar-refractivity contribution in [1.29, 1.82) is 5.26 Å². The SMILES string of the molecule is COCCOCCN1CCC(C#N)(NC(=O)[C@H](CC2CCCCC2)N=C(NC(=O)OCC(C)C)N2CCOCC2)CC1.[HH]. The highest BCUT2D eigenvalue weighted by Gasteiger charge is 2.38. The molecule has 0 aromatic rings. The standard InChI is InChI=1S/C30H52N6O6.H2/c1-24(2)22-42-29(38)33-28(36-14-17-40-18-15-36)32-26(21-25-7-5-4-6-8-25)27(37)34-30(23-31)9-11-35(12-10-30)13-16-41-20-19-39-3;/h24-26H,4-22H2,1-3H3,(H,34,37)(H,32,33,38);1H/t26-;/m0./s1. The molecule has 1 saturated carbocycles. The number of rotatable bonds is 13. The summed E-state index contributed by atoms with van der Waals surface area (Å²) >= 11 is 0. The highest BCUT2D eigenvalue weighted by Crippen LogP contribution is 2.29. The van der Waals surface area contributed by atoms with Crippen molar-refractivity contribution in [3.05, 3.63) is 0 Å². The molecule has 0 bridgehead atoms. The molecule has 1 aliphatic carbocycles. The number of carbonyl (C=O) groups excluding carboxylic acids is 2. The van der Waals surface area contributed by atoms with E-state index in [2.05, 4.69) is 21.6 Å². The van der Waals surface area contributed by atoms with Crippen molar-refractivity contribution in [1.82, 2.24) is 20.4 Å². The van der Waals surface area contributed by atoms with E-state index in [1.54, 1.807) is 7.11 Å². The van der Waals surface area contributed by atoms with Gasteiger partial charge < -0.3 is 34.1 Å². The average Bonchev–Trinajstić information content (AvgIpc) is 3.01. The molecule has 2 amide bonds. The van der Waals surface area contributed by atoms with E-state index in [4.69, 9.17) is 23.9 Å². The zero-order valence-electron chi connectivity index (χ0n) is 25.9. The quantitative estimate of drug-likeness (QED) is 0.187. The first-order valence-electron chi connectivity index (χ1n) is 15.7. The third-order valence-corrected chi connectivity index (χ3v) is 8.20. The van der Waals surface area contributed by atoms with Crippen LogP contribution in [0.15, 0.2) is 4.99 Å². The van der Waals surface area contributed by atoms with Crippen LogP contribution >= 0.6 is 0 Å². The van der Waals surface area contributed by atoms with Crippen LogP contribution in [0.25, 0.3) is 0 Å². The number of ether oxygens (including phenoxy) is 4. The highest BCUT2D eigenvalue weighted by atomic mass is 16.5. The summed E-state index contributed by atoms with van der Waals surface area (Å²) in [4.78, 5) is 35.7. The zero-order chi connectivity index (χ0) is 30.2. The third kappa shape index (κ3) is 11.7. The fraction of sp³-hybridized carbons (Fsp3) is 0.867. The molecule has 0 radical (unpaired) electrons. The molecule has 12 nitrogen and oxygen atoms in total. The topological polar surface area (TPSA) is 138 Å².